The average Bonchev–Trinajstić information content (AvgIpc) is 2.66. The number of carbonyl (C=O) groups excluding carboxylic acids is 1. The Kier molecular flexibility index (Phi) is 7.42. The molecule has 0 aromatic heterocycles. The van der Waals surface area contributed by atoms with Gasteiger partial charge in [0, 0.05) is 0 Å². The fourth-order valence-electron chi connectivity index (χ4n) is 2.82. The van der Waals surface area contributed by atoms with Crippen LogP contribution in [0.3, 0.4) is 0 Å². The van der Waals surface area contributed by atoms with E-state index >= 15 is 0 Å². The zero-order valence-corrected chi connectivity index (χ0v) is 17.4. The van der Waals surface area contributed by atoms with Gasteiger partial charge in [0.1, 0.15) is 11.5 Å². The standard InChI is InChI=1S/C20H28NO5P/c1-6-25-27(23,26-7-2)15(4)21-20(22)14(3)16-8-9-18-13-19(24-5)11-10-17(18)12-16/h8-15H,6-7H2,1-5H3,(H,21,22)/t14-,15+/m0/s1. The predicted octanol–water partition coefficient (Wildman–Crippen LogP) is 4.68. The normalized spacial score (nSPS) is 14.0. The molecule has 0 spiro atoms. The van der Waals surface area contributed by atoms with Crippen LogP contribution in [0.5, 0.6) is 5.75 Å². The van der Waals surface area contributed by atoms with Crippen molar-refractivity contribution in [2.45, 2.75) is 39.4 Å². The van der Waals surface area contributed by atoms with Gasteiger partial charge in [0.05, 0.1) is 26.2 Å². The van der Waals surface area contributed by atoms with Gasteiger partial charge in [-0.3, -0.25) is 9.36 Å². The first-order valence-electron chi connectivity index (χ1n) is 9.11. The van der Waals surface area contributed by atoms with Crippen molar-refractivity contribution >= 4 is 24.3 Å². The first-order valence-corrected chi connectivity index (χ1v) is 10.7. The second kappa shape index (κ2) is 9.36. The van der Waals surface area contributed by atoms with E-state index in [9.17, 15) is 9.36 Å². The molecule has 6 nitrogen and oxygen atoms in total. The van der Waals surface area contributed by atoms with E-state index < -0.39 is 19.3 Å². The highest BCUT2D eigenvalue weighted by Crippen LogP contribution is 2.51. The SMILES string of the molecule is CCOP(=O)(OCC)[C@H](C)NC(=O)[C@@H](C)c1ccc2cc(OC)ccc2c1. The maximum Gasteiger partial charge on any atom is 0.352 e. The van der Waals surface area contributed by atoms with Crippen molar-refractivity contribution in [3.63, 3.8) is 0 Å². The van der Waals surface area contributed by atoms with Gasteiger partial charge in [0.15, 0.2) is 0 Å². The summed E-state index contributed by atoms with van der Waals surface area (Å²) < 4.78 is 28.6. The third kappa shape index (κ3) is 5.10. The Balaban J connectivity index is 2.16. The number of rotatable bonds is 9. The number of hydrogen-bond acceptors (Lipinski definition) is 5. The first kappa shape index (κ1) is 21.4. The Morgan fingerprint density at radius 2 is 1.63 bits per heavy atom. The number of hydrogen-bond donors (Lipinski definition) is 1. The van der Waals surface area contributed by atoms with Crippen molar-refractivity contribution in [2.75, 3.05) is 20.3 Å². The lowest BCUT2D eigenvalue weighted by atomic mass is 9.97. The molecule has 27 heavy (non-hydrogen) atoms. The van der Waals surface area contributed by atoms with Crippen LogP contribution in [0, 0.1) is 0 Å². The Morgan fingerprint density at radius 3 is 2.22 bits per heavy atom. The lowest BCUT2D eigenvalue weighted by molar-refractivity contribution is -0.122. The number of fused-ring (bicyclic) bond motifs is 1. The minimum atomic E-state index is -3.39. The predicted molar refractivity (Wildman–Crippen MR) is 107 cm³/mol. The van der Waals surface area contributed by atoms with Crippen LogP contribution in [-0.2, 0) is 18.4 Å². The second-order valence-corrected chi connectivity index (χ2v) is 8.62. The smallest absolute Gasteiger partial charge is 0.352 e. The molecule has 1 amide bonds. The van der Waals surface area contributed by atoms with E-state index in [1.54, 1.807) is 27.9 Å². The number of methoxy groups -OCH3 is 1. The molecular weight excluding hydrogens is 365 g/mol. The summed E-state index contributed by atoms with van der Waals surface area (Å²) >= 11 is 0. The molecule has 148 valence electrons. The molecule has 2 aromatic rings. The van der Waals surface area contributed by atoms with E-state index in [0.717, 1.165) is 22.1 Å². The van der Waals surface area contributed by atoms with Crippen LogP contribution in [0.4, 0.5) is 0 Å². The molecule has 0 aliphatic carbocycles. The minimum Gasteiger partial charge on any atom is -0.497 e. The molecule has 0 aliphatic heterocycles. The lowest BCUT2D eigenvalue weighted by Gasteiger charge is -2.25. The quantitative estimate of drug-likeness (QED) is 0.626. The van der Waals surface area contributed by atoms with Crippen LogP contribution < -0.4 is 10.1 Å². The third-order valence-corrected chi connectivity index (χ3v) is 6.72. The number of benzene rings is 2. The largest absolute Gasteiger partial charge is 0.497 e. The van der Waals surface area contributed by atoms with Crippen molar-refractivity contribution < 1.29 is 23.1 Å². The van der Waals surface area contributed by atoms with Crippen LogP contribution in [0.1, 0.15) is 39.2 Å². The topological polar surface area (TPSA) is 73.9 Å². The van der Waals surface area contributed by atoms with Crippen LogP contribution in [0.15, 0.2) is 36.4 Å². The Labute approximate surface area is 160 Å². The summed E-state index contributed by atoms with van der Waals surface area (Å²) in [5, 5.41) is 4.84. The fourth-order valence-corrected chi connectivity index (χ4v) is 4.35. The van der Waals surface area contributed by atoms with Gasteiger partial charge in [-0.25, -0.2) is 0 Å². The molecule has 0 bridgehead atoms. The second-order valence-electron chi connectivity index (χ2n) is 6.25. The highest BCUT2D eigenvalue weighted by Gasteiger charge is 2.34. The molecular formula is C20H28NO5P. The van der Waals surface area contributed by atoms with Gasteiger partial charge in [-0.2, -0.15) is 0 Å². The summed E-state index contributed by atoms with van der Waals surface area (Å²) in [5.74, 6) is -0.569. The number of nitrogens with one attached hydrogen (secondary N) is 1. The van der Waals surface area contributed by atoms with E-state index in [-0.39, 0.29) is 19.1 Å². The Morgan fingerprint density at radius 1 is 1.04 bits per heavy atom. The zero-order chi connectivity index (χ0) is 20.0. The van der Waals surface area contributed by atoms with Crippen LogP contribution in [0.25, 0.3) is 10.8 Å². The highest BCUT2D eigenvalue weighted by molar-refractivity contribution is 7.54. The molecule has 2 aromatic carbocycles. The van der Waals surface area contributed by atoms with Crippen LogP contribution in [-0.4, -0.2) is 32.0 Å². The van der Waals surface area contributed by atoms with Crippen molar-refractivity contribution in [3.05, 3.63) is 42.0 Å². The highest BCUT2D eigenvalue weighted by atomic mass is 31.2. The van der Waals surface area contributed by atoms with Crippen LogP contribution in [0.2, 0.25) is 0 Å². The number of amides is 1. The average molecular weight is 393 g/mol. The molecule has 2 atom stereocenters. The van der Waals surface area contributed by atoms with E-state index in [1.165, 1.54) is 0 Å². The number of carbonyl (C=O) groups is 1. The molecule has 0 heterocycles. The molecule has 7 heteroatoms. The minimum absolute atomic E-state index is 0.227. The third-order valence-electron chi connectivity index (χ3n) is 4.41. The molecule has 0 aliphatic rings. The van der Waals surface area contributed by atoms with Crippen LogP contribution >= 0.6 is 7.60 Å². The van der Waals surface area contributed by atoms with E-state index in [2.05, 4.69) is 5.32 Å². The van der Waals surface area contributed by atoms with Crippen molar-refractivity contribution in [2.24, 2.45) is 0 Å². The van der Waals surface area contributed by atoms with E-state index in [4.69, 9.17) is 13.8 Å². The lowest BCUT2D eigenvalue weighted by Crippen LogP contribution is -2.36. The van der Waals surface area contributed by atoms with Gasteiger partial charge in [-0.15, -0.1) is 0 Å². The van der Waals surface area contributed by atoms with Gasteiger partial charge >= 0.3 is 7.60 Å². The van der Waals surface area contributed by atoms with E-state index in [1.807, 2.05) is 43.3 Å². The molecule has 0 radical (unpaired) electrons. The van der Waals surface area contributed by atoms with Crippen molar-refractivity contribution in [3.8, 4) is 5.75 Å². The summed E-state index contributed by atoms with van der Waals surface area (Å²) in [6.45, 7) is 7.45. The summed E-state index contributed by atoms with van der Waals surface area (Å²) in [7, 11) is -1.76. The van der Waals surface area contributed by atoms with Crippen molar-refractivity contribution in [1.29, 1.82) is 0 Å². The monoisotopic (exact) mass is 393 g/mol. The summed E-state index contributed by atoms with van der Waals surface area (Å²) in [6.07, 6.45) is 0. The van der Waals surface area contributed by atoms with Gasteiger partial charge in [-0.05, 0) is 56.2 Å². The van der Waals surface area contributed by atoms with Gasteiger partial charge in [-0.1, -0.05) is 24.3 Å². The molecule has 1 N–H and O–H groups in total. The van der Waals surface area contributed by atoms with Gasteiger partial charge in [0.25, 0.3) is 0 Å². The Hall–Kier alpha value is -1.88. The van der Waals surface area contributed by atoms with Gasteiger partial charge in [0.2, 0.25) is 5.91 Å². The first-order chi connectivity index (χ1) is 12.8. The summed E-state index contributed by atoms with van der Waals surface area (Å²) in [4.78, 5) is 12.7. The Bertz CT molecular complexity index is 828. The molecule has 0 saturated carbocycles. The molecule has 0 saturated heterocycles. The maximum absolute atomic E-state index is 12.8. The molecule has 0 fully saturated rings. The summed E-state index contributed by atoms with van der Waals surface area (Å²) in [6, 6.07) is 11.7. The fraction of sp³-hybridized carbons (Fsp3) is 0.450. The van der Waals surface area contributed by atoms with E-state index in [0.29, 0.717) is 0 Å². The number of ether oxygens (including phenoxy) is 1. The summed E-state index contributed by atoms with van der Waals surface area (Å²) in [5.41, 5.74) is 0.875. The zero-order valence-electron chi connectivity index (χ0n) is 16.5. The molecule has 0 unspecified atom stereocenters. The van der Waals surface area contributed by atoms with Gasteiger partial charge < -0.3 is 19.1 Å². The maximum atomic E-state index is 12.8. The molecule has 2 rings (SSSR count). The van der Waals surface area contributed by atoms with Crippen molar-refractivity contribution in [1.82, 2.24) is 5.32 Å².